The van der Waals surface area contributed by atoms with Crippen molar-refractivity contribution in [1.29, 1.82) is 0 Å². The van der Waals surface area contributed by atoms with Gasteiger partial charge in [0.25, 0.3) is 0 Å². The summed E-state index contributed by atoms with van der Waals surface area (Å²) in [5.74, 6) is -0.326. The molecule has 104 valence electrons. The fourth-order valence-corrected chi connectivity index (χ4v) is 2.58. The molecule has 2 heterocycles. The van der Waals surface area contributed by atoms with Crippen LogP contribution in [0.1, 0.15) is 29.6 Å². The Labute approximate surface area is 117 Å². The maximum atomic E-state index is 11.4. The van der Waals surface area contributed by atoms with Crippen molar-refractivity contribution < 1.29 is 9.90 Å². The number of hydrogen-bond donors (Lipinski definition) is 2. The Morgan fingerprint density at radius 2 is 1.95 bits per heavy atom. The largest absolute Gasteiger partial charge is 0.478 e. The highest BCUT2D eigenvalue weighted by atomic mass is 16.4. The van der Waals surface area contributed by atoms with Gasteiger partial charge >= 0.3 is 5.97 Å². The van der Waals surface area contributed by atoms with E-state index in [1.54, 1.807) is 12.1 Å². The standard InChI is InChI=1S/C15H17N3O2/c19-15(20)12-10-14(17-18-8-4-1-5-9-18)16-13-7-3-2-6-11(12)13/h2-3,6-7,10H,1,4-5,8-9H2,(H,16,17)(H,19,20). The van der Waals surface area contributed by atoms with E-state index < -0.39 is 5.97 Å². The van der Waals surface area contributed by atoms with Crippen molar-refractivity contribution in [2.24, 2.45) is 0 Å². The van der Waals surface area contributed by atoms with Gasteiger partial charge in [-0.05, 0) is 25.0 Å². The summed E-state index contributed by atoms with van der Waals surface area (Å²) in [6.07, 6.45) is 3.57. The van der Waals surface area contributed by atoms with Crippen LogP contribution in [-0.2, 0) is 0 Å². The van der Waals surface area contributed by atoms with Crippen LogP contribution in [0.25, 0.3) is 10.9 Å². The van der Waals surface area contributed by atoms with Gasteiger partial charge < -0.3 is 10.5 Å². The monoisotopic (exact) mass is 271 g/mol. The number of nitrogens with zero attached hydrogens (tertiary/aromatic N) is 2. The topological polar surface area (TPSA) is 65.5 Å². The van der Waals surface area contributed by atoms with Crippen molar-refractivity contribution in [1.82, 2.24) is 9.99 Å². The molecule has 0 atom stereocenters. The Hall–Kier alpha value is -2.14. The third-order valence-corrected chi connectivity index (χ3v) is 3.58. The number of piperidine rings is 1. The lowest BCUT2D eigenvalue weighted by molar-refractivity contribution is 0.0699. The Bertz CT molecular complexity index is 636. The molecular weight excluding hydrogens is 254 g/mol. The number of hydrazine groups is 1. The van der Waals surface area contributed by atoms with E-state index in [9.17, 15) is 9.90 Å². The van der Waals surface area contributed by atoms with E-state index in [-0.39, 0.29) is 5.56 Å². The lowest BCUT2D eigenvalue weighted by atomic mass is 10.1. The number of fused-ring (bicyclic) bond motifs is 1. The molecule has 1 aliphatic heterocycles. The molecule has 5 heteroatoms. The van der Waals surface area contributed by atoms with Crippen LogP contribution in [0.4, 0.5) is 5.82 Å². The molecule has 0 spiro atoms. The lowest BCUT2D eigenvalue weighted by Crippen LogP contribution is -2.35. The van der Waals surface area contributed by atoms with Crippen LogP contribution >= 0.6 is 0 Å². The number of carbonyl (C=O) groups is 1. The predicted octanol–water partition coefficient (Wildman–Crippen LogP) is 2.75. The second-order valence-electron chi connectivity index (χ2n) is 5.04. The molecule has 3 rings (SSSR count). The summed E-state index contributed by atoms with van der Waals surface area (Å²) >= 11 is 0. The first-order valence-electron chi connectivity index (χ1n) is 6.89. The Morgan fingerprint density at radius 3 is 2.70 bits per heavy atom. The molecule has 1 aliphatic rings. The van der Waals surface area contributed by atoms with Crippen molar-refractivity contribution in [3.8, 4) is 0 Å². The third kappa shape index (κ3) is 2.58. The van der Waals surface area contributed by atoms with Gasteiger partial charge in [-0.25, -0.2) is 14.8 Å². The number of carboxylic acids is 1. The first-order chi connectivity index (χ1) is 9.74. The zero-order valence-electron chi connectivity index (χ0n) is 11.2. The van der Waals surface area contributed by atoms with Gasteiger partial charge in [-0.2, -0.15) is 0 Å². The number of pyridine rings is 1. The van der Waals surface area contributed by atoms with Gasteiger partial charge in [0.15, 0.2) is 0 Å². The Morgan fingerprint density at radius 1 is 1.20 bits per heavy atom. The summed E-state index contributed by atoms with van der Waals surface area (Å²) in [6, 6.07) is 8.93. The lowest BCUT2D eigenvalue weighted by Gasteiger charge is -2.27. The van der Waals surface area contributed by atoms with Crippen LogP contribution in [0.3, 0.4) is 0 Å². The van der Waals surface area contributed by atoms with Crippen LogP contribution in [0.15, 0.2) is 30.3 Å². The smallest absolute Gasteiger partial charge is 0.336 e. The molecule has 1 aromatic heterocycles. The van der Waals surface area contributed by atoms with Crippen LogP contribution in [0.5, 0.6) is 0 Å². The molecule has 20 heavy (non-hydrogen) atoms. The van der Waals surface area contributed by atoms with E-state index in [2.05, 4.69) is 15.4 Å². The van der Waals surface area contributed by atoms with Gasteiger partial charge in [-0.15, -0.1) is 0 Å². The van der Waals surface area contributed by atoms with Crippen LogP contribution in [-0.4, -0.2) is 34.2 Å². The molecule has 5 nitrogen and oxygen atoms in total. The molecule has 2 aromatic rings. The van der Waals surface area contributed by atoms with Gasteiger partial charge in [-0.1, -0.05) is 24.6 Å². The average molecular weight is 271 g/mol. The minimum Gasteiger partial charge on any atom is -0.478 e. The van der Waals surface area contributed by atoms with Gasteiger partial charge in [0.05, 0.1) is 11.1 Å². The Kier molecular flexibility index (Phi) is 3.52. The second kappa shape index (κ2) is 5.46. The van der Waals surface area contributed by atoms with Gasteiger partial charge in [0.2, 0.25) is 0 Å². The molecule has 0 bridgehead atoms. The van der Waals surface area contributed by atoms with Crippen LogP contribution < -0.4 is 5.43 Å². The summed E-state index contributed by atoms with van der Waals surface area (Å²) in [5, 5.41) is 12.1. The molecular formula is C15H17N3O2. The molecule has 1 aromatic carbocycles. The maximum absolute atomic E-state index is 11.4. The summed E-state index contributed by atoms with van der Waals surface area (Å²) in [7, 11) is 0. The number of anilines is 1. The van der Waals surface area contributed by atoms with Crippen molar-refractivity contribution in [3.05, 3.63) is 35.9 Å². The average Bonchev–Trinajstić information content (AvgIpc) is 2.47. The molecule has 0 saturated carbocycles. The summed E-state index contributed by atoms with van der Waals surface area (Å²) in [5.41, 5.74) is 4.22. The Balaban J connectivity index is 1.96. The number of hydrogen-bond acceptors (Lipinski definition) is 4. The van der Waals surface area contributed by atoms with Crippen molar-refractivity contribution in [3.63, 3.8) is 0 Å². The first kappa shape index (κ1) is 12.9. The molecule has 1 saturated heterocycles. The number of rotatable bonds is 3. The van der Waals surface area contributed by atoms with Crippen molar-refractivity contribution in [2.45, 2.75) is 19.3 Å². The predicted molar refractivity (Wildman–Crippen MR) is 77.7 cm³/mol. The minimum absolute atomic E-state index is 0.287. The molecule has 0 amide bonds. The van der Waals surface area contributed by atoms with E-state index >= 15 is 0 Å². The SMILES string of the molecule is O=C(O)c1cc(NN2CCCCC2)nc2ccccc12. The van der Waals surface area contributed by atoms with E-state index in [0.29, 0.717) is 16.7 Å². The second-order valence-corrected chi connectivity index (χ2v) is 5.04. The third-order valence-electron chi connectivity index (χ3n) is 3.58. The van der Waals surface area contributed by atoms with Gasteiger partial charge in [0, 0.05) is 18.5 Å². The van der Waals surface area contributed by atoms with Crippen molar-refractivity contribution in [2.75, 3.05) is 18.5 Å². The van der Waals surface area contributed by atoms with Gasteiger partial charge in [0.1, 0.15) is 5.82 Å². The highest BCUT2D eigenvalue weighted by Crippen LogP contribution is 2.21. The van der Waals surface area contributed by atoms with E-state index in [1.165, 1.54) is 6.42 Å². The number of para-hydroxylation sites is 1. The summed E-state index contributed by atoms with van der Waals surface area (Å²) in [4.78, 5) is 15.9. The molecule has 0 aliphatic carbocycles. The zero-order valence-corrected chi connectivity index (χ0v) is 11.2. The summed E-state index contributed by atoms with van der Waals surface area (Å²) < 4.78 is 0. The van der Waals surface area contributed by atoms with Crippen LogP contribution in [0.2, 0.25) is 0 Å². The maximum Gasteiger partial charge on any atom is 0.336 e. The van der Waals surface area contributed by atoms with E-state index in [0.717, 1.165) is 25.9 Å². The molecule has 2 N–H and O–H groups in total. The van der Waals surface area contributed by atoms with E-state index in [4.69, 9.17) is 0 Å². The number of nitrogens with one attached hydrogen (secondary N) is 1. The normalized spacial score (nSPS) is 16.2. The van der Waals surface area contributed by atoms with E-state index in [1.807, 2.05) is 18.2 Å². The quantitative estimate of drug-likeness (QED) is 0.898. The first-order valence-corrected chi connectivity index (χ1v) is 6.89. The van der Waals surface area contributed by atoms with Crippen LogP contribution in [0, 0.1) is 0 Å². The molecule has 1 fully saturated rings. The fourth-order valence-electron chi connectivity index (χ4n) is 2.58. The minimum atomic E-state index is -0.926. The number of benzene rings is 1. The highest BCUT2D eigenvalue weighted by Gasteiger charge is 2.14. The fraction of sp³-hybridized carbons (Fsp3) is 0.333. The number of carboxylic acid groups (broad SMARTS) is 1. The molecule has 0 unspecified atom stereocenters. The molecule has 0 radical (unpaired) electrons. The highest BCUT2D eigenvalue weighted by molar-refractivity contribution is 6.03. The van der Waals surface area contributed by atoms with Gasteiger partial charge in [-0.3, -0.25) is 0 Å². The zero-order chi connectivity index (χ0) is 13.9. The summed E-state index contributed by atoms with van der Waals surface area (Å²) in [6.45, 7) is 1.94. The van der Waals surface area contributed by atoms with Crippen molar-refractivity contribution >= 4 is 22.7 Å². The number of aromatic carboxylic acids is 1. The number of aromatic nitrogens is 1.